The lowest BCUT2D eigenvalue weighted by molar-refractivity contribution is -0.167. The summed E-state index contributed by atoms with van der Waals surface area (Å²) in [5.41, 5.74) is 0. The van der Waals surface area contributed by atoms with Gasteiger partial charge in [-0.25, -0.2) is 0 Å². The quantitative estimate of drug-likeness (QED) is 0.0344. The molecule has 0 radical (unpaired) electrons. The maximum atomic E-state index is 12.8. The Morgan fingerprint density at radius 2 is 0.532 bits per heavy atom. The van der Waals surface area contributed by atoms with Crippen molar-refractivity contribution in [3.8, 4) is 0 Å². The number of ether oxygens (including phenoxy) is 3. The van der Waals surface area contributed by atoms with Crippen molar-refractivity contribution in [3.63, 3.8) is 0 Å². The minimum absolute atomic E-state index is 0.0633. The SMILES string of the molecule is CCCCCCCCCCCCCCC(=O)O[C@H](COC(=O)CCCCCCCCCCCCCCCCCCCCC(C)C)COC(=O)CCCCCCCCCCC(C)C. The van der Waals surface area contributed by atoms with Crippen LogP contribution in [0, 0.1) is 11.8 Å². The number of hydrogen-bond acceptors (Lipinski definition) is 6. The molecule has 0 heterocycles. The molecule has 0 rings (SSSR count). The number of esters is 3. The molecule has 0 aromatic carbocycles. The first-order chi connectivity index (χ1) is 30.2. The predicted molar refractivity (Wildman–Crippen MR) is 266 cm³/mol. The molecule has 368 valence electrons. The first-order valence-corrected chi connectivity index (χ1v) is 27.7. The Labute approximate surface area is 387 Å². The van der Waals surface area contributed by atoms with Crippen LogP contribution in [0.1, 0.15) is 311 Å². The van der Waals surface area contributed by atoms with Crippen LogP contribution in [0.4, 0.5) is 0 Å². The average Bonchev–Trinajstić information content (AvgIpc) is 3.24. The maximum absolute atomic E-state index is 12.8. The Balaban J connectivity index is 4.20. The van der Waals surface area contributed by atoms with Gasteiger partial charge in [0.05, 0.1) is 0 Å². The van der Waals surface area contributed by atoms with Crippen LogP contribution in [0.25, 0.3) is 0 Å². The summed E-state index contributed by atoms with van der Waals surface area (Å²) in [7, 11) is 0. The van der Waals surface area contributed by atoms with E-state index in [1.807, 2.05) is 0 Å². The van der Waals surface area contributed by atoms with E-state index in [1.54, 1.807) is 0 Å². The molecule has 62 heavy (non-hydrogen) atoms. The zero-order valence-corrected chi connectivity index (χ0v) is 42.5. The fourth-order valence-electron chi connectivity index (χ4n) is 8.52. The van der Waals surface area contributed by atoms with E-state index < -0.39 is 6.10 Å². The Morgan fingerprint density at radius 1 is 0.306 bits per heavy atom. The molecule has 0 aromatic heterocycles. The summed E-state index contributed by atoms with van der Waals surface area (Å²) < 4.78 is 16.8. The lowest BCUT2D eigenvalue weighted by Crippen LogP contribution is -2.30. The molecule has 6 nitrogen and oxygen atoms in total. The molecule has 0 aliphatic carbocycles. The van der Waals surface area contributed by atoms with Gasteiger partial charge < -0.3 is 14.2 Å². The lowest BCUT2D eigenvalue weighted by Gasteiger charge is -2.18. The Hall–Kier alpha value is -1.59. The van der Waals surface area contributed by atoms with Gasteiger partial charge in [-0.1, -0.05) is 272 Å². The molecule has 0 saturated heterocycles. The number of rotatable bonds is 50. The van der Waals surface area contributed by atoms with Crippen LogP contribution in [-0.2, 0) is 28.6 Å². The Kier molecular flexibility index (Phi) is 47.6. The molecule has 0 unspecified atom stereocenters. The second-order valence-electron chi connectivity index (χ2n) is 20.2. The monoisotopic (exact) mass is 877 g/mol. The van der Waals surface area contributed by atoms with Crippen molar-refractivity contribution >= 4 is 17.9 Å². The first kappa shape index (κ1) is 60.4. The number of hydrogen-bond donors (Lipinski definition) is 0. The molecule has 1 atom stereocenters. The molecule has 0 bridgehead atoms. The molecule has 0 saturated carbocycles. The Morgan fingerprint density at radius 3 is 0.790 bits per heavy atom. The molecular weight excluding hydrogens is 769 g/mol. The van der Waals surface area contributed by atoms with Crippen LogP contribution in [0.15, 0.2) is 0 Å². The topological polar surface area (TPSA) is 78.9 Å². The van der Waals surface area contributed by atoms with Gasteiger partial charge in [0.25, 0.3) is 0 Å². The van der Waals surface area contributed by atoms with Crippen LogP contribution in [-0.4, -0.2) is 37.2 Å². The van der Waals surface area contributed by atoms with Gasteiger partial charge in [0.15, 0.2) is 6.10 Å². The van der Waals surface area contributed by atoms with Crippen molar-refractivity contribution in [2.75, 3.05) is 13.2 Å². The second-order valence-corrected chi connectivity index (χ2v) is 20.2. The van der Waals surface area contributed by atoms with Gasteiger partial charge in [-0.05, 0) is 31.1 Å². The smallest absolute Gasteiger partial charge is 0.306 e. The average molecular weight is 877 g/mol. The van der Waals surface area contributed by atoms with Crippen LogP contribution in [0.5, 0.6) is 0 Å². The third-order valence-electron chi connectivity index (χ3n) is 12.7. The van der Waals surface area contributed by atoms with Crippen molar-refractivity contribution < 1.29 is 28.6 Å². The first-order valence-electron chi connectivity index (χ1n) is 27.7. The van der Waals surface area contributed by atoms with E-state index in [1.165, 1.54) is 199 Å². The van der Waals surface area contributed by atoms with E-state index in [0.717, 1.165) is 69.6 Å². The van der Waals surface area contributed by atoms with Gasteiger partial charge in [0, 0.05) is 19.3 Å². The standard InChI is InChI=1S/C56H108O6/c1-6-7-8-9-10-11-12-22-26-33-38-43-48-56(59)62-53(50-61-55(58)47-42-37-32-28-27-30-35-40-45-52(4)5)49-60-54(57)46-41-36-31-25-23-20-18-16-14-13-15-17-19-21-24-29-34-39-44-51(2)3/h51-53H,6-50H2,1-5H3/t53-/m1/s1. The molecule has 0 amide bonds. The van der Waals surface area contributed by atoms with Crippen LogP contribution in [0.3, 0.4) is 0 Å². The lowest BCUT2D eigenvalue weighted by atomic mass is 10.0. The molecule has 0 fully saturated rings. The number of unbranched alkanes of at least 4 members (excludes halogenated alkanes) is 35. The third kappa shape index (κ3) is 49.4. The minimum atomic E-state index is -0.762. The summed E-state index contributed by atoms with van der Waals surface area (Å²) in [6.07, 6.45) is 51.0. The van der Waals surface area contributed by atoms with E-state index in [0.29, 0.717) is 19.3 Å². The summed E-state index contributed by atoms with van der Waals surface area (Å²) in [5, 5.41) is 0. The van der Waals surface area contributed by atoms with Crippen molar-refractivity contribution in [1.82, 2.24) is 0 Å². The summed E-state index contributed by atoms with van der Waals surface area (Å²) >= 11 is 0. The zero-order valence-electron chi connectivity index (χ0n) is 42.5. The highest BCUT2D eigenvalue weighted by Crippen LogP contribution is 2.18. The summed E-state index contributed by atoms with van der Waals surface area (Å²) in [6, 6.07) is 0. The summed E-state index contributed by atoms with van der Waals surface area (Å²) in [6.45, 7) is 11.4. The fourth-order valence-corrected chi connectivity index (χ4v) is 8.52. The van der Waals surface area contributed by atoms with Gasteiger partial charge in [-0.2, -0.15) is 0 Å². The maximum Gasteiger partial charge on any atom is 0.306 e. The molecular formula is C56H108O6. The minimum Gasteiger partial charge on any atom is -0.462 e. The van der Waals surface area contributed by atoms with Gasteiger partial charge in [0.2, 0.25) is 0 Å². The van der Waals surface area contributed by atoms with Crippen molar-refractivity contribution in [2.24, 2.45) is 11.8 Å². The molecule has 6 heteroatoms. The van der Waals surface area contributed by atoms with E-state index in [4.69, 9.17) is 14.2 Å². The van der Waals surface area contributed by atoms with Crippen molar-refractivity contribution in [3.05, 3.63) is 0 Å². The highest BCUT2D eigenvalue weighted by Gasteiger charge is 2.19. The van der Waals surface area contributed by atoms with Gasteiger partial charge in [-0.15, -0.1) is 0 Å². The van der Waals surface area contributed by atoms with Crippen LogP contribution < -0.4 is 0 Å². The normalized spacial score (nSPS) is 12.0. The van der Waals surface area contributed by atoms with Crippen molar-refractivity contribution in [1.29, 1.82) is 0 Å². The second kappa shape index (κ2) is 48.9. The molecule has 0 aliphatic heterocycles. The van der Waals surface area contributed by atoms with Gasteiger partial charge >= 0.3 is 17.9 Å². The van der Waals surface area contributed by atoms with Gasteiger partial charge in [0.1, 0.15) is 13.2 Å². The largest absolute Gasteiger partial charge is 0.462 e. The molecule has 0 N–H and O–H groups in total. The van der Waals surface area contributed by atoms with Gasteiger partial charge in [-0.3, -0.25) is 14.4 Å². The summed E-state index contributed by atoms with van der Waals surface area (Å²) in [4.78, 5) is 38.0. The fraction of sp³-hybridized carbons (Fsp3) is 0.946. The van der Waals surface area contributed by atoms with Crippen LogP contribution in [0.2, 0.25) is 0 Å². The third-order valence-corrected chi connectivity index (χ3v) is 12.7. The predicted octanol–water partition coefficient (Wildman–Crippen LogP) is 18.1. The number of carbonyl (C=O) groups excluding carboxylic acids is 3. The highest BCUT2D eigenvalue weighted by atomic mass is 16.6. The highest BCUT2D eigenvalue weighted by molar-refractivity contribution is 5.71. The summed E-state index contributed by atoms with van der Waals surface area (Å²) in [5.74, 6) is 0.810. The van der Waals surface area contributed by atoms with E-state index in [9.17, 15) is 14.4 Å². The number of carbonyl (C=O) groups is 3. The van der Waals surface area contributed by atoms with Crippen LogP contribution >= 0.6 is 0 Å². The van der Waals surface area contributed by atoms with E-state index in [2.05, 4.69) is 34.6 Å². The molecule has 0 aliphatic rings. The molecule has 0 spiro atoms. The molecule has 0 aromatic rings. The zero-order chi connectivity index (χ0) is 45.4. The van der Waals surface area contributed by atoms with E-state index >= 15 is 0 Å². The Bertz CT molecular complexity index is 947. The van der Waals surface area contributed by atoms with Crippen molar-refractivity contribution in [2.45, 2.75) is 317 Å². The van der Waals surface area contributed by atoms with E-state index in [-0.39, 0.29) is 31.1 Å².